The van der Waals surface area contributed by atoms with Gasteiger partial charge in [-0.15, -0.1) is 11.3 Å². The molecule has 1 heterocycles. The molecule has 1 aromatic heterocycles. The van der Waals surface area contributed by atoms with E-state index in [-0.39, 0.29) is 5.91 Å². The SMILES string of the molecule is O=C(C=Cc1ccc(Cl)cc1Cl)NNC(=O)c1cccs1. The highest BCUT2D eigenvalue weighted by Gasteiger charge is 2.06. The summed E-state index contributed by atoms with van der Waals surface area (Å²) < 4.78 is 0. The normalized spacial score (nSPS) is 10.6. The molecule has 0 bridgehead atoms. The Labute approximate surface area is 135 Å². The molecule has 0 aliphatic carbocycles. The Morgan fingerprint density at radius 2 is 1.95 bits per heavy atom. The highest BCUT2D eigenvalue weighted by Crippen LogP contribution is 2.21. The third-order valence-electron chi connectivity index (χ3n) is 2.42. The molecule has 0 radical (unpaired) electrons. The number of hydrogen-bond donors (Lipinski definition) is 2. The summed E-state index contributed by atoms with van der Waals surface area (Å²) in [6, 6.07) is 8.36. The number of rotatable bonds is 3. The first kappa shape index (κ1) is 15.6. The van der Waals surface area contributed by atoms with Gasteiger partial charge < -0.3 is 0 Å². The van der Waals surface area contributed by atoms with Gasteiger partial charge >= 0.3 is 0 Å². The van der Waals surface area contributed by atoms with Crippen molar-refractivity contribution in [3.8, 4) is 0 Å². The van der Waals surface area contributed by atoms with Crippen molar-refractivity contribution in [1.82, 2.24) is 10.9 Å². The minimum absolute atomic E-state index is 0.365. The van der Waals surface area contributed by atoms with Crippen LogP contribution < -0.4 is 10.9 Å². The van der Waals surface area contributed by atoms with Crippen molar-refractivity contribution < 1.29 is 9.59 Å². The molecule has 0 atom stereocenters. The molecule has 2 aromatic rings. The van der Waals surface area contributed by atoms with Crippen LogP contribution in [0.5, 0.6) is 0 Å². The molecule has 0 spiro atoms. The van der Waals surface area contributed by atoms with Crippen molar-refractivity contribution in [3.63, 3.8) is 0 Å². The monoisotopic (exact) mass is 340 g/mol. The third-order valence-corrected chi connectivity index (χ3v) is 3.85. The van der Waals surface area contributed by atoms with Gasteiger partial charge in [-0.1, -0.05) is 35.3 Å². The van der Waals surface area contributed by atoms with E-state index in [0.717, 1.165) is 0 Å². The average molecular weight is 341 g/mol. The summed E-state index contributed by atoms with van der Waals surface area (Å²) in [4.78, 5) is 23.7. The fourth-order valence-corrected chi connectivity index (χ4v) is 2.52. The molecule has 2 rings (SSSR count). The first-order valence-corrected chi connectivity index (χ1v) is 7.47. The van der Waals surface area contributed by atoms with Gasteiger partial charge in [0.15, 0.2) is 0 Å². The van der Waals surface area contributed by atoms with E-state index in [1.807, 2.05) is 0 Å². The average Bonchev–Trinajstić information content (AvgIpc) is 2.98. The van der Waals surface area contributed by atoms with E-state index in [9.17, 15) is 9.59 Å². The van der Waals surface area contributed by atoms with Crippen molar-refractivity contribution in [2.75, 3.05) is 0 Å². The smallest absolute Gasteiger partial charge is 0.268 e. The molecule has 0 aliphatic rings. The number of halogens is 2. The second-order valence-electron chi connectivity index (χ2n) is 3.92. The van der Waals surface area contributed by atoms with Gasteiger partial charge in [-0.3, -0.25) is 20.4 Å². The Morgan fingerprint density at radius 3 is 2.62 bits per heavy atom. The Morgan fingerprint density at radius 1 is 1.14 bits per heavy atom. The Kier molecular flexibility index (Phi) is 5.38. The van der Waals surface area contributed by atoms with Crippen LogP contribution in [-0.4, -0.2) is 11.8 Å². The van der Waals surface area contributed by atoms with Gasteiger partial charge in [-0.25, -0.2) is 0 Å². The molecule has 0 fully saturated rings. The molecule has 0 aliphatic heterocycles. The first-order valence-electron chi connectivity index (χ1n) is 5.83. The number of benzene rings is 1. The summed E-state index contributed by atoms with van der Waals surface area (Å²) in [5.74, 6) is -0.831. The molecule has 7 heteroatoms. The zero-order valence-electron chi connectivity index (χ0n) is 10.6. The van der Waals surface area contributed by atoms with E-state index >= 15 is 0 Å². The highest BCUT2D eigenvalue weighted by molar-refractivity contribution is 7.12. The number of amides is 2. The minimum atomic E-state index is -0.467. The summed E-state index contributed by atoms with van der Waals surface area (Å²) in [5.41, 5.74) is 5.25. The van der Waals surface area contributed by atoms with Crippen molar-refractivity contribution >= 4 is 52.4 Å². The summed E-state index contributed by atoms with van der Waals surface area (Å²) in [5, 5.41) is 2.73. The first-order chi connectivity index (χ1) is 10.1. The number of carbonyl (C=O) groups is 2. The van der Waals surface area contributed by atoms with E-state index in [1.165, 1.54) is 23.5 Å². The van der Waals surface area contributed by atoms with Crippen LogP contribution in [0.3, 0.4) is 0 Å². The van der Waals surface area contributed by atoms with E-state index < -0.39 is 5.91 Å². The third kappa shape index (κ3) is 4.60. The number of nitrogens with one attached hydrogen (secondary N) is 2. The van der Waals surface area contributed by atoms with Gasteiger partial charge in [0.05, 0.1) is 4.88 Å². The Hall–Kier alpha value is -1.82. The van der Waals surface area contributed by atoms with Crippen molar-refractivity contribution in [2.24, 2.45) is 0 Å². The van der Waals surface area contributed by atoms with E-state index in [0.29, 0.717) is 20.5 Å². The van der Waals surface area contributed by atoms with E-state index in [4.69, 9.17) is 23.2 Å². The number of hydrogen-bond acceptors (Lipinski definition) is 3. The molecule has 0 unspecified atom stereocenters. The molecule has 2 N–H and O–H groups in total. The van der Waals surface area contributed by atoms with Crippen LogP contribution in [-0.2, 0) is 4.79 Å². The standard InChI is InChI=1S/C14H10Cl2N2O2S/c15-10-5-3-9(11(16)8-10)4-6-13(19)17-18-14(20)12-2-1-7-21-12/h1-8H,(H,17,19)(H,18,20). The molecule has 2 amide bonds. The predicted molar refractivity (Wildman–Crippen MR) is 85.4 cm³/mol. The Bertz CT molecular complexity index is 684. The van der Waals surface area contributed by atoms with Crippen LogP contribution in [0, 0.1) is 0 Å². The second-order valence-corrected chi connectivity index (χ2v) is 5.71. The molecule has 21 heavy (non-hydrogen) atoms. The van der Waals surface area contributed by atoms with E-state index in [1.54, 1.807) is 35.7 Å². The number of carbonyl (C=O) groups excluding carboxylic acids is 2. The van der Waals surface area contributed by atoms with Crippen LogP contribution in [0.1, 0.15) is 15.2 Å². The molecule has 4 nitrogen and oxygen atoms in total. The topological polar surface area (TPSA) is 58.2 Å². The van der Waals surface area contributed by atoms with Crippen LogP contribution >= 0.6 is 34.5 Å². The van der Waals surface area contributed by atoms with E-state index in [2.05, 4.69) is 10.9 Å². The van der Waals surface area contributed by atoms with Gasteiger partial charge in [-0.05, 0) is 35.2 Å². The molecule has 1 aromatic carbocycles. The van der Waals surface area contributed by atoms with Crippen LogP contribution in [0.2, 0.25) is 10.0 Å². The lowest BCUT2D eigenvalue weighted by atomic mass is 10.2. The fraction of sp³-hybridized carbons (Fsp3) is 0. The lowest BCUT2D eigenvalue weighted by Gasteiger charge is -2.03. The largest absolute Gasteiger partial charge is 0.279 e. The summed E-state index contributed by atoms with van der Waals surface area (Å²) in [6.45, 7) is 0. The maximum atomic E-state index is 11.6. The van der Waals surface area contributed by atoms with Crippen LogP contribution in [0.4, 0.5) is 0 Å². The molecular formula is C14H10Cl2N2O2S. The summed E-state index contributed by atoms with van der Waals surface area (Å²) in [6.07, 6.45) is 2.80. The molecule has 0 saturated heterocycles. The lowest BCUT2D eigenvalue weighted by Crippen LogP contribution is -2.40. The number of thiophene rings is 1. The predicted octanol–water partition coefficient (Wildman–Crippen LogP) is 3.53. The van der Waals surface area contributed by atoms with Crippen molar-refractivity contribution in [1.29, 1.82) is 0 Å². The molecular weight excluding hydrogens is 331 g/mol. The minimum Gasteiger partial charge on any atom is -0.268 e. The molecule has 108 valence electrons. The quantitative estimate of drug-likeness (QED) is 0.663. The van der Waals surface area contributed by atoms with Gasteiger partial charge in [0.25, 0.3) is 11.8 Å². The maximum absolute atomic E-state index is 11.6. The molecule has 0 saturated carbocycles. The highest BCUT2D eigenvalue weighted by atomic mass is 35.5. The van der Waals surface area contributed by atoms with Crippen LogP contribution in [0.15, 0.2) is 41.8 Å². The van der Waals surface area contributed by atoms with Crippen molar-refractivity contribution in [2.45, 2.75) is 0 Å². The lowest BCUT2D eigenvalue weighted by molar-refractivity contribution is -0.117. The van der Waals surface area contributed by atoms with Gasteiger partial charge in [0.1, 0.15) is 0 Å². The zero-order chi connectivity index (χ0) is 15.2. The van der Waals surface area contributed by atoms with Gasteiger partial charge in [-0.2, -0.15) is 0 Å². The number of hydrazine groups is 1. The zero-order valence-corrected chi connectivity index (χ0v) is 12.9. The maximum Gasteiger partial charge on any atom is 0.279 e. The van der Waals surface area contributed by atoms with Gasteiger partial charge in [0.2, 0.25) is 0 Å². The Balaban J connectivity index is 1.89. The summed E-state index contributed by atoms with van der Waals surface area (Å²) >= 11 is 13.0. The second kappa shape index (κ2) is 7.26. The summed E-state index contributed by atoms with van der Waals surface area (Å²) in [7, 11) is 0. The van der Waals surface area contributed by atoms with Gasteiger partial charge in [0, 0.05) is 16.1 Å². The van der Waals surface area contributed by atoms with Crippen LogP contribution in [0.25, 0.3) is 6.08 Å². The van der Waals surface area contributed by atoms with Crippen molar-refractivity contribution in [3.05, 3.63) is 62.3 Å². The fourth-order valence-electron chi connectivity index (χ4n) is 1.43.